The van der Waals surface area contributed by atoms with Crippen LogP contribution in [0.1, 0.15) is 12.5 Å². The van der Waals surface area contributed by atoms with Gasteiger partial charge in [0.05, 0.1) is 6.61 Å². The maximum Gasteiger partial charge on any atom is 0.119 e. The first-order chi connectivity index (χ1) is 7.38. The summed E-state index contributed by atoms with van der Waals surface area (Å²) < 4.78 is 10.6. The Kier molecular flexibility index (Phi) is 3.41. The predicted octanol–water partition coefficient (Wildman–Crippen LogP) is 2.58. The lowest BCUT2D eigenvalue weighted by Gasteiger charge is -2.04. The summed E-state index contributed by atoms with van der Waals surface area (Å²) in [6, 6.07) is 8.23. The minimum absolute atomic E-state index is 0.327. The van der Waals surface area contributed by atoms with E-state index in [1.54, 1.807) is 0 Å². The maximum atomic E-state index is 5.55. The molecule has 1 aliphatic heterocycles. The molecule has 0 saturated carbocycles. The highest BCUT2D eigenvalue weighted by molar-refractivity contribution is 5.28. The molecule has 2 rings (SSSR count). The summed E-state index contributed by atoms with van der Waals surface area (Å²) in [7, 11) is 0. The van der Waals surface area contributed by atoms with E-state index in [4.69, 9.17) is 9.47 Å². The first-order valence-electron chi connectivity index (χ1n) is 5.33. The van der Waals surface area contributed by atoms with Gasteiger partial charge >= 0.3 is 0 Å². The van der Waals surface area contributed by atoms with Crippen LogP contribution in [0, 0.1) is 0 Å². The molecule has 80 valence electrons. The van der Waals surface area contributed by atoms with Crippen LogP contribution in [0.5, 0.6) is 5.75 Å². The van der Waals surface area contributed by atoms with Gasteiger partial charge < -0.3 is 9.47 Å². The first kappa shape index (κ1) is 10.2. The van der Waals surface area contributed by atoms with Crippen LogP contribution < -0.4 is 4.74 Å². The summed E-state index contributed by atoms with van der Waals surface area (Å²) in [6.07, 6.45) is 5.53. The molecule has 1 fully saturated rings. The van der Waals surface area contributed by atoms with E-state index < -0.39 is 0 Å². The predicted molar refractivity (Wildman–Crippen MR) is 60.2 cm³/mol. The van der Waals surface area contributed by atoms with Gasteiger partial charge in [0.15, 0.2) is 0 Å². The molecular formula is C13H16O2. The SMILES string of the molecule is C/C=C/Cc1ccc(OCC2CO2)cc1. The number of epoxide rings is 1. The highest BCUT2D eigenvalue weighted by Crippen LogP contribution is 2.16. The number of allylic oxidation sites excluding steroid dienone is 2. The van der Waals surface area contributed by atoms with Crippen LogP contribution in [-0.4, -0.2) is 19.3 Å². The van der Waals surface area contributed by atoms with E-state index in [9.17, 15) is 0 Å². The largest absolute Gasteiger partial charge is 0.491 e. The summed E-state index contributed by atoms with van der Waals surface area (Å²) in [6.45, 7) is 3.56. The van der Waals surface area contributed by atoms with Gasteiger partial charge in [0, 0.05) is 0 Å². The van der Waals surface area contributed by atoms with E-state index in [1.165, 1.54) is 5.56 Å². The summed E-state index contributed by atoms with van der Waals surface area (Å²) >= 11 is 0. The van der Waals surface area contributed by atoms with E-state index in [1.807, 2.05) is 19.1 Å². The zero-order valence-corrected chi connectivity index (χ0v) is 8.98. The Balaban J connectivity index is 1.84. The molecule has 0 aliphatic carbocycles. The Morgan fingerprint density at radius 3 is 2.73 bits per heavy atom. The lowest BCUT2D eigenvalue weighted by Crippen LogP contribution is -2.03. The van der Waals surface area contributed by atoms with E-state index in [0.29, 0.717) is 12.7 Å². The molecule has 2 nitrogen and oxygen atoms in total. The van der Waals surface area contributed by atoms with E-state index in [2.05, 4.69) is 24.3 Å². The van der Waals surface area contributed by atoms with Crippen LogP contribution in [0.4, 0.5) is 0 Å². The van der Waals surface area contributed by atoms with E-state index in [0.717, 1.165) is 18.8 Å². The van der Waals surface area contributed by atoms with Gasteiger partial charge in [-0.2, -0.15) is 0 Å². The van der Waals surface area contributed by atoms with Gasteiger partial charge in [0.25, 0.3) is 0 Å². The monoisotopic (exact) mass is 204 g/mol. The second-order valence-electron chi connectivity index (χ2n) is 3.68. The number of rotatable bonds is 5. The summed E-state index contributed by atoms with van der Waals surface area (Å²) in [4.78, 5) is 0. The normalized spacial score (nSPS) is 19.4. The van der Waals surface area contributed by atoms with Gasteiger partial charge in [-0.3, -0.25) is 0 Å². The quantitative estimate of drug-likeness (QED) is 0.543. The Bertz CT molecular complexity index is 323. The van der Waals surface area contributed by atoms with Gasteiger partial charge in [-0.05, 0) is 31.0 Å². The van der Waals surface area contributed by atoms with Crippen molar-refractivity contribution >= 4 is 0 Å². The molecule has 1 aliphatic rings. The van der Waals surface area contributed by atoms with Crippen molar-refractivity contribution in [1.82, 2.24) is 0 Å². The van der Waals surface area contributed by atoms with Gasteiger partial charge in [0.2, 0.25) is 0 Å². The van der Waals surface area contributed by atoms with Crippen molar-refractivity contribution in [1.29, 1.82) is 0 Å². The lowest BCUT2D eigenvalue weighted by molar-refractivity contribution is 0.263. The highest BCUT2D eigenvalue weighted by atomic mass is 16.6. The zero-order valence-electron chi connectivity index (χ0n) is 8.98. The number of hydrogen-bond donors (Lipinski definition) is 0. The third-order valence-electron chi connectivity index (χ3n) is 2.35. The average molecular weight is 204 g/mol. The molecule has 1 heterocycles. The molecule has 1 atom stereocenters. The Labute approximate surface area is 90.5 Å². The standard InChI is InChI=1S/C13H16O2/c1-2-3-4-11-5-7-12(8-6-11)14-9-13-10-15-13/h2-3,5-8,13H,4,9-10H2,1H3/b3-2+. The van der Waals surface area contributed by atoms with Crippen molar-refractivity contribution in [3.63, 3.8) is 0 Å². The molecule has 0 radical (unpaired) electrons. The van der Waals surface area contributed by atoms with Crippen molar-refractivity contribution in [2.45, 2.75) is 19.4 Å². The molecule has 0 spiro atoms. The van der Waals surface area contributed by atoms with Crippen LogP contribution in [0.3, 0.4) is 0 Å². The Hall–Kier alpha value is -1.28. The molecular weight excluding hydrogens is 188 g/mol. The highest BCUT2D eigenvalue weighted by Gasteiger charge is 2.22. The first-order valence-corrected chi connectivity index (χ1v) is 5.33. The summed E-state index contributed by atoms with van der Waals surface area (Å²) in [5.41, 5.74) is 1.31. The van der Waals surface area contributed by atoms with Crippen molar-refractivity contribution < 1.29 is 9.47 Å². The van der Waals surface area contributed by atoms with Crippen molar-refractivity contribution in [3.8, 4) is 5.75 Å². The minimum Gasteiger partial charge on any atom is -0.491 e. The summed E-state index contributed by atoms with van der Waals surface area (Å²) in [5.74, 6) is 0.926. The fraction of sp³-hybridized carbons (Fsp3) is 0.385. The van der Waals surface area contributed by atoms with E-state index >= 15 is 0 Å². The topological polar surface area (TPSA) is 21.8 Å². The van der Waals surface area contributed by atoms with Gasteiger partial charge in [-0.25, -0.2) is 0 Å². The Morgan fingerprint density at radius 2 is 2.13 bits per heavy atom. The maximum absolute atomic E-state index is 5.55. The molecule has 1 aromatic carbocycles. The van der Waals surface area contributed by atoms with Crippen LogP contribution in [0.15, 0.2) is 36.4 Å². The van der Waals surface area contributed by atoms with Gasteiger partial charge in [-0.15, -0.1) is 0 Å². The smallest absolute Gasteiger partial charge is 0.119 e. The van der Waals surface area contributed by atoms with Crippen LogP contribution >= 0.6 is 0 Å². The molecule has 0 bridgehead atoms. The van der Waals surface area contributed by atoms with Crippen molar-refractivity contribution in [3.05, 3.63) is 42.0 Å². The lowest BCUT2D eigenvalue weighted by atomic mass is 10.1. The second kappa shape index (κ2) is 4.99. The third kappa shape index (κ3) is 3.40. The van der Waals surface area contributed by atoms with E-state index in [-0.39, 0.29) is 0 Å². The number of ether oxygens (including phenoxy) is 2. The van der Waals surface area contributed by atoms with Crippen LogP contribution in [0.2, 0.25) is 0 Å². The molecule has 1 unspecified atom stereocenters. The average Bonchev–Trinajstić information content (AvgIpc) is 3.09. The van der Waals surface area contributed by atoms with Crippen LogP contribution in [-0.2, 0) is 11.2 Å². The number of benzene rings is 1. The van der Waals surface area contributed by atoms with Crippen molar-refractivity contribution in [2.24, 2.45) is 0 Å². The molecule has 1 aromatic rings. The minimum atomic E-state index is 0.327. The molecule has 0 aromatic heterocycles. The van der Waals surface area contributed by atoms with Crippen LogP contribution in [0.25, 0.3) is 0 Å². The molecule has 15 heavy (non-hydrogen) atoms. The molecule has 0 N–H and O–H groups in total. The summed E-state index contributed by atoms with van der Waals surface area (Å²) in [5, 5.41) is 0. The third-order valence-corrected chi connectivity index (χ3v) is 2.35. The molecule has 0 amide bonds. The van der Waals surface area contributed by atoms with Gasteiger partial charge in [0.1, 0.15) is 18.5 Å². The zero-order chi connectivity index (χ0) is 10.5. The van der Waals surface area contributed by atoms with Gasteiger partial charge in [-0.1, -0.05) is 24.3 Å². The fourth-order valence-electron chi connectivity index (χ4n) is 1.33. The fourth-order valence-corrected chi connectivity index (χ4v) is 1.33. The molecule has 2 heteroatoms. The molecule has 1 saturated heterocycles. The second-order valence-corrected chi connectivity index (χ2v) is 3.68. The van der Waals surface area contributed by atoms with Crippen molar-refractivity contribution in [2.75, 3.05) is 13.2 Å². The number of hydrogen-bond acceptors (Lipinski definition) is 2. The Morgan fingerprint density at radius 1 is 1.40 bits per heavy atom.